The minimum absolute atomic E-state index is 0.00829. The van der Waals surface area contributed by atoms with E-state index in [1.807, 2.05) is 11.3 Å². The number of anilines is 12. The van der Waals surface area contributed by atoms with Gasteiger partial charge in [-0.25, -0.2) is 0 Å². The Hall–Kier alpha value is -10.1. The van der Waals surface area contributed by atoms with Crippen molar-refractivity contribution in [1.82, 2.24) is 0 Å². The van der Waals surface area contributed by atoms with Crippen molar-refractivity contribution in [3.05, 3.63) is 273 Å². The van der Waals surface area contributed by atoms with Crippen molar-refractivity contribution in [2.24, 2.45) is 0 Å². The number of nitrogens with zero attached hydrogens (tertiary/aromatic N) is 4. The van der Waals surface area contributed by atoms with Crippen LogP contribution in [-0.4, -0.2) is 13.4 Å². The number of para-hydroxylation sites is 1. The minimum atomic E-state index is -0.353. The highest BCUT2D eigenvalue weighted by atomic mass is 32.1. The molecular weight excluding hydrogens is 1680 g/mol. The Bertz CT molecular complexity index is 7790. The third-order valence-corrected chi connectivity index (χ3v) is 38.7. The molecule has 8 heterocycles. The minimum Gasteiger partial charge on any atom is -0.456 e. The Balaban J connectivity index is 0.734. The highest BCUT2D eigenvalue weighted by Gasteiger charge is 2.53. The van der Waals surface area contributed by atoms with Crippen LogP contribution in [0.15, 0.2) is 211 Å². The fourth-order valence-electron chi connectivity index (χ4n) is 26.2. The van der Waals surface area contributed by atoms with Gasteiger partial charge in [0.1, 0.15) is 11.2 Å². The van der Waals surface area contributed by atoms with Gasteiger partial charge in [-0.2, -0.15) is 0 Å². The molecular formula is C124H132B2N4OS3. The van der Waals surface area contributed by atoms with Gasteiger partial charge in [0.25, 0.3) is 13.4 Å². The first-order valence-corrected chi connectivity index (χ1v) is 52.7. The summed E-state index contributed by atoms with van der Waals surface area (Å²) in [6.07, 6.45) is 11.1. The van der Waals surface area contributed by atoms with Gasteiger partial charge in [0.05, 0.1) is 26.8 Å². The average molecular weight is 1810 g/mol. The third kappa shape index (κ3) is 12.7. The second-order valence-corrected chi connectivity index (χ2v) is 54.0. The number of hydrogen-bond donors (Lipinski definition) is 0. The van der Waals surface area contributed by atoms with E-state index in [0.29, 0.717) is 0 Å². The predicted octanol–water partition coefficient (Wildman–Crippen LogP) is 32.6. The van der Waals surface area contributed by atoms with Gasteiger partial charge in [-0.3, -0.25) is 0 Å². The monoisotopic (exact) mass is 1810 g/mol. The second-order valence-electron chi connectivity index (χ2n) is 50.9. The summed E-state index contributed by atoms with van der Waals surface area (Å²) in [5, 5.41) is 10.4. The van der Waals surface area contributed by atoms with Gasteiger partial charge in [-0.1, -0.05) is 265 Å². The van der Waals surface area contributed by atoms with Crippen molar-refractivity contribution < 1.29 is 4.42 Å². The lowest BCUT2D eigenvalue weighted by molar-refractivity contribution is 0.272. The van der Waals surface area contributed by atoms with Crippen LogP contribution < -0.4 is 52.4 Å². The maximum absolute atomic E-state index is 7.02. The van der Waals surface area contributed by atoms with Crippen molar-refractivity contribution >= 4 is 209 Å². The van der Waals surface area contributed by atoms with Crippen LogP contribution in [0.1, 0.15) is 311 Å². The van der Waals surface area contributed by atoms with E-state index in [2.05, 4.69) is 429 Å². The Morgan fingerprint density at radius 1 is 0.284 bits per heavy atom. The summed E-state index contributed by atoms with van der Waals surface area (Å²) < 4.78 is 12.4. The van der Waals surface area contributed by atoms with Crippen molar-refractivity contribution in [2.45, 2.75) is 309 Å². The molecule has 0 saturated carbocycles. The first-order valence-electron chi connectivity index (χ1n) is 50.3. The first kappa shape index (κ1) is 86.7. The molecule has 16 aromatic rings. The zero-order chi connectivity index (χ0) is 93.7. The molecule has 8 aliphatic rings. The molecule has 0 spiro atoms. The van der Waals surface area contributed by atoms with Crippen LogP contribution in [0.5, 0.6) is 0 Å². The van der Waals surface area contributed by atoms with Gasteiger partial charge in [0.15, 0.2) is 0 Å². The van der Waals surface area contributed by atoms with Gasteiger partial charge in [0, 0.05) is 80.5 Å². The van der Waals surface area contributed by atoms with Gasteiger partial charge in [-0.05, 0) is 361 Å². The summed E-state index contributed by atoms with van der Waals surface area (Å²) in [4.78, 5) is 11.1. The summed E-state index contributed by atoms with van der Waals surface area (Å²) in [6.45, 7) is 64.8. The lowest BCUT2D eigenvalue weighted by atomic mass is 9.33. The van der Waals surface area contributed by atoms with Crippen LogP contribution in [0.3, 0.4) is 0 Å². The lowest BCUT2D eigenvalue weighted by Crippen LogP contribution is -2.61. The van der Waals surface area contributed by atoms with E-state index in [4.69, 9.17) is 4.42 Å². The number of rotatable bonds is 8. The molecule has 12 aromatic carbocycles. The van der Waals surface area contributed by atoms with E-state index < -0.39 is 0 Å². The van der Waals surface area contributed by atoms with Crippen LogP contribution in [0.4, 0.5) is 66.9 Å². The molecule has 4 aliphatic carbocycles. The molecule has 0 fully saturated rings. The predicted molar refractivity (Wildman–Crippen MR) is 586 cm³/mol. The van der Waals surface area contributed by atoms with E-state index in [1.54, 1.807) is 0 Å². The molecule has 24 rings (SSSR count). The Labute approximate surface area is 809 Å². The first-order chi connectivity index (χ1) is 63.1. The average Bonchev–Trinajstić information content (AvgIpc) is 1.41. The molecule has 1 unspecified atom stereocenters. The van der Waals surface area contributed by atoms with E-state index in [9.17, 15) is 0 Å². The smallest absolute Gasteiger partial charge is 0.254 e. The Kier molecular flexibility index (Phi) is 18.3. The van der Waals surface area contributed by atoms with Crippen molar-refractivity contribution in [2.75, 3.05) is 19.6 Å². The van der Waals surface area contributed by atoms with Crippen molar-refractivity contribution in [1.29, 1.82) is 0 Å². The van der Waals surface area contributed by atoms with Crippen molar-refractivity contribution in [3.63, 3.8) is 0 Å². The number of benzene rings is 12. The molecule has 0 amide bonds. The second kappa shape index (κ2) is 28.3. The van der Waals surface area contributed by atoms with E-state index in [1.165, 1.54) is 207 Å². The number of furan rings is 1. The fourth-order valence-corrected chi connectivity index (χ4v) is 29.9. The summed E-state index contributed by atoms with van der Waals surface area (Å²) in [5.41, 5.74) is 39.2. The van der Waals surface area contributed by atoms with Gasteiger partial charge < -0.3 is 24.0 Å². The van der Waals surface area contributed by atoms with Gasteiger partial charge in [-0.15, -0.1) is 34.0 Å². The SMILES string of the molecule is CC(C)(C)c1ccc2c(c1)B1c3c(cc(C(C)(C)C)cc3N2c2cccc3sc4ccccc4c23)N(c2ccc3c(c2)C(C)(C)CCC3(C)C)c2sc3cc4c(cc3c21)C(C)(CCC(C)(C)c1cc2c3c(c1)N(c1cccc5oc6ccccc6c15)c1cc(C(C)(C)C)ccc1B3c1c(sc3cc5c(cc13)C(C)(C)CCC5(C)C)N2c1ccc2c(c1)C(C)(C)CCC2(C)C)CCC4(C)C. The molecule has 4 aliphatic heterocycles. The van der Waals surface area contributed by atoms with Crippen LogP contribution in [0, 0.1) is 0 Å². The molecule has 0 bridgehead atoms. The van der Waals surface area contributed by atoms with Gasteiger partial charge >= 0.3 is 0 Å². The molecule has 0 saturated heterocycles. The van der Waals surface area contributed by atoms with E-state index in [-0.39, 0.29) is 78.4 Å². The standard InChI is InChI=1S/C124H132B2N4OS3/c1-113(2,3)71-42-48-91-90(59-71)126-108-80-68-88-87(70-104(80)134-112(108)127(75-43-45-81-83(65-75)119(16,17)51-49-117(81,12)13)95-61-73(115(7,8)9)62-97(110(95)126)129(91)93-36-32-40-102-106(93)78-34-28-30-39-101(78)132-102)123(24,25)56-58-124(88,26)57-55-116(10,11)74-63-96-109-98(64-74)130(92-35-31-38-100-105(92)77-33-27-29-37-99(77)131-100)94-60-72(114(4,5)6)41-47-89(94)125(109)107-79-67-85-86(122(22,23)54-53-121(85,20)21)69-103(79)133-111(107)128(96)76-44-46-82-84(66-76)120(18,19)52-50-118(82,14)15/h27-48,59-70H,49-58H2,1-26H3. The van der Waals surface area contributed by atoms with Crippen LogP contribution in [0.2, 0.25) is 0 Å². The molecule has 0 N–H and O–H groups in total. The maximum Gasteiger partial charge on any atom is 0.254 e. The number of hydrogen-bond acceptors (Lipinski definition) is 8. The Morgan fingerprint density at radius 2 is 0.701 bits per heavy atom. The zero-order valence-electron chi connectivity index (χ0n) is 84.3. The topological polar surface area (TPSA) is 26.1 Å². The molecule has 134 heavy (non-hydrogen) atoms. The summed E-state index contributed by atoms with van der Waals surface area (Å²) in [6, 6.07) is 84.5. The largest absolute Gasteiger partial charge is 0.456 e. The molecule has 678 valence electrons. The fraction of sp³-hybridized carbons (Fsp3) is 0.387. The van der Waals surface area contributed by atoms with Crippen LogP contribution in [-0.2, 0) is 65.0 Å². The molecule has 4 aromatic heterocycles. The quantitative estimate of drug-likeness (QED) is 0.141. The molecule has 5 nitrogen and oxygen atoms in total. The van der Waals surface area contributed by atoms with E-state index in [0.717, 1.165) is 85.4 Å². The van der Waals surface area contributed by atoms with E-state index >= 15 is 0 Å². The highest BCUT2D eigenvalue weighted by molar-refractivity contribution is 7.28. The normalized spacial score (nSPS) is 19.6. The molecule has 10 heteroatoms. The Morgan fingerprint density at radius 3 is 1.26 bits per heavy atom. The van der Waals surface area contributed by atoms with Crippen LogP contribution >= 0.6 is 34.0 Å². The van der Waals surface area contributed by atoms with Crippen molar-refractivity contribution in [3.8, 4) is 0 Å². The summed E-state index contributed by atoms with van der Waals surface area (Å²) in [7, 11) is 0. The molecule has 0 radical (unpaired) electrons. The number of fused-ring (bicyclic) bond motifs is 22. The van der Waals surface area contributed by atoms with Gasteiger partial charge in [0.2, 0.25) is 0 Å². The zero-order valence-corrected chi connectivity index (χ0v) is 86.7. The van der Waals surface area contributed by atoms with Crippen LogP contribution in [0.25, 0.3) is 62.3 Å². The lowest BCUT2D eigenvalue weighted by Gasteiger charge is -2.47. The summed E-state index contributed by atoms with van der Waals surface area (Å²) in [5.74, 6) is 0. The number of thiophene rings is 3. The highest BCUT2D eigenvalue weighted by Crippen LogP contribution is 2.61. The maximum atomic E-state index is 7.02. The molecule has 1 atom stereocenters. The summed E-state index contributed by atoms with van der Waals surface area (Å²) >= 11 is 6.04. The third-order valence-electron chi connectivity index (χ3n) is 35.3.